The number of para-hydroxylation sites is 1. The van der Waals surface area contributed by atoms with Gasteiger partial charge in [-0.25, -0.2) is 14.6 Å². The van der Waals surface area contributed by atoms with Gasteiger partial charge in [0.25, 0.3) is 0 Å². The minimum absolute atomic E-state index is 0.456. The van der Waals surface area contributed by atoms with Crippen LogP contribution in [-0.4, -0.2) is 33.0 Å². The summed E-state index contributed by atoms with van der Waals surface area (Å²) in [6, 6.07) is 17.0. The van der Waals surface area contributed by atoms with Crippen molar-refractivity contribution >= 4 is 34.2 Å². The number of fused-ring (bicyclic) bond motifs is 2. The molecule has 0 bridgehead atoms. The van der Waals surface area contributed by atoms with Crippen LogP contribution in [0.1, 0.15) is 28.8 Å². The van der Waals surface area contributed by atoms with Crippen molar-refractivity contribution in [2.24, 2.45) is 0 Å². The highest BCUT2D eigenvalue weighted by molar-refractivity contribution is 5.95. The molecule has 0 saturated heterocycles. The summed E-state index contributed by atoms with van der Waals surface area (Å²) in [6.45, 7) is 4.81. The van der Waals surface area contributed by atoms with E-state index >= 15 is 0 Å². The Morgan fingerprint density at radius 2 is 1.94 bits per heavy atom. The van der Waals surface area contributed by atoms with Crippen LogP contribution in [-0.2, 0) is 17.8 Å². The lowest BCUT2D eigenvalue weighted by Gasteiger charge is -2.33. The molecule has 2 aliphatic rings. The quantitative estimate of drug-likeness (QED) is 0.490. The largest absolute Gasteiger partial charge is 0.383 e. The fraction of sp³-hybridized carbons (Fsp3) is 0.222. The lowest BCUT2D eigenvalue weighted by atomic mass is 9.96. The monoisotopic (exact) mass is 450 g/mol. The zero-order valence-electron chi connectivity index (χ0n) is 19.1. The van der Waals surface area contributed by atoms with Gasteiger partial charge in [-0.1, -0.05) is 42.5 Å². The van der Waals surface area contributed by atoms with Gasteiger partial charge >= 0.3 is 0 Å². The van der Waals surface area contributed by atoms with Gasteiger partial charge < -0.3 is 15.4 Å². The summed E-state index contributed by atoms with van der Waals surface area (Å²) < 4.78 is 7.47. The standard InChI is InChI=1S/C27H26N6O/c1-18-6-5-7-20-14-22(32(16-23(18)20)21-8-3-2-4-9-21)15-33-27-24(26(28)29-17-30-27)25(31-33)19-10-12-34-13-11-19/h2-10,14,17H,11-13,15-16H2,1H3,(H2,28,29,30). The molecule has 2 N–H and O–H groups in total. The van der Waals surface area contributed by atoms with Gasteiger partial charge in [-0.2, -0.15) is 5.10 Å². The Hall–Kier alpha value is -3.97. The first-order chi connectivity index (χ1) is 16.7. The molecular formula is C27H26N6O. The molecule has 4 aromatic rings. The van der Waals surface area contributed by atoms with Crippen molar-refractivity contribution in [1.29, 1.82) is 0 Å². The van der Waals surface area contributed by atoms with E-state index in [1.54, 1.807) is 0 Å². The van der Waals surface area contributed by atoms with E-state index < -0.39 is 0 Å². The molecule has 6 rings (SSSR count). The van der Waals surface area contributed by atoms with Crippen molar-refractivity contribution in [3.05, 3.63) is 89.0 Å². The molecule has 0 atom stereocenters. The van der Waals surface area contributed by atoms with Gasteiger partial charge in [0.05, 0.1) is 25.1 Å². The van der Waals surface area contributed by atoms with Gasteiger partial charge in [0, 0.05) is 17.9 Å². The maximum absolute atomic E-state index is 6.32. The fourth-order valence-corrected chi connectivity index (χ4v) is 4.85. The van der Waals surface area contributed by atoms with Crippen molar-refractivity contribution in [3.63, 3.8) is 0 Å². The predicted octanol–water partition coefficient (Wildman–Crippen LogP) is 4.58. The lowest BCUT2D eigenvalue weighted by Crippen LogP contribution is -2.28. The highest BCUT2D eigenvalue weighted by Gasteiger charge is 2.24. The number of hydrogen-bond acceptors (Lipinski definition) is 6. The first-order valence-corrected chi connectivity index (χ1v) is 11.5. The molecular weight excluding hydrogens is 424 g/mol. The second-order valence-electron chi connectivity index (χ2n) is 8.72. The summed E-state index contributed by atoms with van der Waals surface area (Å²) in [5, 5.41) is 5.83. The number of allylic oxidation sites excluding steroid dienone is 1. The molecule has 2 aliphatic heterocycles. The van der Waals surface area contributed by atoms with Gasteiger partial charge in [-0.05, 0) is 53.8 Å². The van der Waals surface area contributed by atoms with Crippen molar-refractivity contribution in [1.82, 2.24) is 19.7 Å². The molecule has 7 nitrogen and oxygen atoms in total. The van der Waals surface area contributed by atoms with Crippen molar-refractivity contribution in [3.8, 4) is 0 Å². The van der Waals surface area contributed by atoms with Crippen molar-refractivity contribution in [2.75, 3.05) is 23.8 Å². The van der Waals surface area contributed by atoms with E-state index in [2.05, 4.69) is 76.4 Å². The summed E-state index contributed by atoms with van der Waals surface area (Å²) in [4.78, 5) is 11.2. The number of anilines is 2. The number of nitrogens with zero attached hydrogens (tertiary/aromatic N) is 5. The van der Waals surface area contributed by atoms with Crippen LogP contribution in [0.4, 0.5) is 11.5 Å². The topological polar surface area (TPSA) is 82.1 Å². The lowest BCUT2D eigenvalue weighted by molar-refractivity contribution is 0.161. The van der Waals surface area contributed by atoms with Crippen LogP contribution >= 0.6 is 0 Å². The van der Waals surface area contributed by atoms with E-state index in [4.69, 9.17) is 15.6 Å². The van der Waals surface area contributed by atoms with Crippen LogP contribution in [0.5, 0.6) is 0 Å². The van der Waals surface area contributed by atoms with E-state index in [0.29, 0.717) is 25.6 Å². The van der Waals surface area contributed by atoms with E-state index in [0.717, 1.165) is 46.7 Å². The highest BCUT2D eigenvalue weighted by Crippen LogP contribution is 2.34. The minimum atomic E-state index is 0.456. The van der Waals surface area contributed by atoms with Gasteiger partial charge in [0.2, 0.25) is 0 Å². The summed E-state index contributed by atoms with van der Waals surface area (Å²) in [5.74, 6) is 0.456. The third kappa shape index (κ3) is 3.54. The number of ether oxygens (including phenoxy) is 1. The molecule has 0 radical (unpaired) electrons. The summed E-state index contributed by atoms with van der Waals surface area (Å²) in [5.41, 5.74) is 15.3. The summed E-state index contributed by atoms with van der Waals surface area (Å²) in [7, 11) is 0. The number of aromatic nitrogens is 4. The van der Waals surface area contributed by atoms with Crippen LogP contribution < -0.4 is 10.6 Å². The van der Waals surface area contributed by atoms with Crippen LogP contribution in [0.25, 0.3) is 22.7 Å². The number of nitrogens with two attached hydrogens (primary N) is 1. The number of benzene rings is 2. The Kier molecular flexibility index (Phi) is 5.11. The first kappa shape index (κ1) is 20.6. The summed E-state index contributed by atoms with van der Waals surface area (Å²) in [6.07, 6.45) is 6.66. The van der Waals surface area contributed by atoms with Gasteiger partial charge in [-0.15, -0.1) is 0 Å². The summed E-state index contributed by atoms with van der Waals surface area (Å²) >= 11 is 0. The van der Waals surface area contributed by atoms with Crippen molar-refractivity contribution < 1.29 is 4.74 Å². The molecule has 4 heterocycles. The van der Waals surface area contributed by atoms with Crippen LogP contribution in [0.2, 0.25) is 0 Å². The fourth-order valence-electron chi connectivity index (χ4n) is 4.85. The third-order valence-electron chi connectivity index (χ3n) is 6.64. The number of nitrogen functional groups attached to an aromatic ring is 1. The molecule has 34 heavy (non-hydrogen) atoms. The molecule has 0 aliphatic carbocycles. The zero-order valence-corrected chi connectivity index (χ0v) is 19.1. The third-order valence-corrected chi connectivity index (χ3v) is 6.64. The molecule has 0 spiro atoms. The molecule has 7 heteroatoms. The minimum Gasteiger partial charge on any atom is -0.383 e. The predicted molar refractivity (Wildman–Crippen MR) is 135 cm³/mol. The van der Waals surface area contributed by atoms with E-state index in [1.165, 1.54) is 23.0 Å². The van der Waals surface area contributed by atoms with Gasteiger partial charge in [-0.3, -0.25) is 0 Å². The van der Waals surface area contributed by atoms with Crippen molar-refractivity contribution in [2.45, 2.75) is 26.4 Å². The maximum atomic E-state index is 6.32. The average molecular weight is 451 g/mol. The first-order valence-electron chi connectivity index (χ1n) is 11.5. The molecule has 0 saturated carbocycles. The highest BCUT2D eigenvalue weighted by atomic mass is 16.5. The molecule has 0 fully saturated rings. The van der Waals surface area contributed by atoms with Crippen LogP contribution in [0.3, 0.4) is 0 Å². The Labute approximate surface area is 198 Å². The van der Waals surface area contributed by atoms with Gasteiger partial charge in [0.1, 0.15) is 17.8 Å². The second-order valence-corrected chi connectivity index (χ2v) is 8.72. The Morgan fingerprint density at radius 1 is 1.06 bits per heavy atom. The van der Waals surface area contributed by atoms with E-state index in [-0.39, 0.29) is 0 Å². The van der Waals surface area contributed by atoms with E-state index in [9.17, 15) is 0 Å². The second kappa shape index (κ2) is 8.43. The number of aryl methyl sites for hydroxylation is 1. The molecule has 2 aromatic heterocycles. The Balaban J connectivity index is 1.48. The van der Waals surface area contributed by atoms with Crippen LogP contribution in [0.15, 0.2) is 66.6 Å². The van der Waals surface area contributed by atoms with Crippen LogP contribution in [0, 0.1) is 6.92 Å². The normalized spacial score (nSPS) is 15.7. The number of hydrogen-bond donors (Lipinski definition) is 1. The zero-order chi connectivity index (χ0) is 23.1. The molecule has 170 valence electrons. The molecule has 0 amide bonds. The average Bonchev–Trinajstić information content (AvgIpc) is 3.25. The molecule has 2 aromatic carbocycles. The number of rotatable bonds is 4. The van der Waals surface area contributed by atoms with E-state index in [1.807, 2.05) is 10.7 Å². The Morgan fingerprint density at radius 3 is 2.76 bits per heavy atom. The SMILES string of the molecule is Cc1cccc2c1CN(c1ccccc1)C(Cn1nc(C3=CCOCC3)c3c(N)ncnc31)=C2. The molecule has 0 unspecified atom stereocenters. The Bertz CT molecular complexity index is 1440. The smallest absolute Gasteiger partial charge is 0.164 e. The maximum Gasteiger partial charge on any atom is 0.164 e. The van der Waals surface area contributed by atoms with Gasteiger partial charge in [0.15, 0.2) is 5.65 Å².